The monoisotopic (exact) mass is 1090 g/mol. The van der Waals surface area contributed by atoms with Crippen molar-refractivity contribution in [3.05, 3.63) is 78.9 Å². The quantitative estimate of drug-likeness (QED) is 0.0346. The van der Waals surface area contributed by atoms with Gasteiger partial charge in [-0.1, -0.05) is 12.1 Å². The van der Waals surface area contributed by atoms with Gasteiger partial charge >= 0.3 is 20.8 Å². The molecule has 5 rings (SSSR count). The second-order valence-electron chi connectivity index (χ2n) is 13.2. The third kappa shape index (κ3) is 13.6. The average molecular weight is 1090 g/mol. The maximum absolute atomic E-state index is 12.8. The Morgan fingerprint density at radius 3 is 1.40 bits per heavy atom. The van der Waals surface area contributed by atoms with Crippen molar-refractivity contribution in [1.29, 1.82) is 0 Å². The normalized spacial score (nSPS) is 13.6. The van der Waals surface area contributed by atoms with Crippen LogP contribution < -0.4 is 11.5 Å². The number of hydrogen-bond donors (Lipinski definition) is 7. The summed E-state index contributed by atoms with van der Waals surface area (Å²) in [5.74, 6) is -1.98. The van der Waals surface area contributed by atoms with E-state index >= 15 is 0 Å². The Labute approximate surface area is 385 Å². The van der Waals surface area contributed by atoms with Gasteiger partial charge in [0.25, 0.3) is 30.4 Å². The van der Waals surface area contributed by atoms with Crippen molar-refractivity contribution < 1.29 is 90.1 Å². The molecule has 0 unspecified atom stereocenters. The predicted molar refractivity (Wildman–Crippen MR) is 233 cm³/mol. The van der Waals surface area contributed by atoms with Gasteiger partial charge in [-0.25, -0.2) is 25.2 Å². The SMILES string of the molecule is Nc1c(/N=N/c2ccc(S(=O)(=O)CCOS(=O)(=O)O)cc2)cc(/N=N/c2cc(S(=O)(=O)O)c3cccc(S(=O)(=O)O)c3c2)c(N)c1/N=N/c1ccc(S(=O)(=O)CCOS(=O)(=O)O)cc1S(=O)(=O)O. The largest absolute Gasteiger partial charge is 0.397 e. The van der Waals surface area contributed by atoms with Crippen LogP contribution in [-0.2, 0) is 79.2 Å². The molecule has 5 aromatic rings. The van der Waals surface area contributed by atoms with E-state index in [4.69, 9.17) is 20.6 Å². The molecule has 29 nitrogen and oxygen atoms in total. The Balaban J connectivity index is 1.65. The van der Waals surface area contributed by atoms with Crippen molar-refractivity contribution in [3.8, 4) is 0 Å². The number of nitrogens with zero attached hydrogens (tertiary/aromatic N) is 6. The summed E-state index contributed by atoms with van der Waals surface area (Å²) in [4.78, 5) is -4.01. The molecule has 0 aliphatic carbocycles. The third-order valence-corrected chi connectivity index (χ3v) is 15.5. The van der Waals surface area contributed by atoms with Crippen molar-refractivity contribution in [3.63, 3.8) is 0 Å². The van der Waals surface area contributed by atoms with Crippen LogP contribution in [0, 0.1) is 0 Å². The summed E-state index contributed by atoms with van der Waals surface area (Å²) < 4.78 is 223. The molecule has 0 atom stereocenters. The van der Waals surface area contributed by atoms with Crippen LogP contribution in [0.5, 0.6) is 0 Å². The minimum Gasteiger partial charge on any atom is -0.395 e. The molecule has 0 saturated carbocycles. The summed E-state index contributed by atoms with van der Waals surface area (Å²) in [6.07, 6.45) is 0. The second kappa shape index (κ2) is 19.6. The van der Waals surface area contributed by atoms with E-state index in [1.54, 1.807) is 0 Å². The Bertz CT molecular complexity index is 3760. The Hall–Kier alpha value is -5.87. The summed E-state index contributed by atoms with van der Waals surface area (Å²) in [5, 5.41) is 22.5. The number of hydrogen-bond acceptors (Lipinski definition) is 24. The highest BCUT2D eigenvalue weighted by atomic mass is 32.3. The summed E-state index contributed by atoms with van der Waals surface area (Å²) in [5.41, 5.74) is 8.72. The van der Waals surface area contributed by atoms with Gasteiger partial charge in [-0.3, -0.25) is 22.8 Å². The van der Waals surface area contributed by atoms with Crippen LogP contribution in [0.4, 0.5) is 45.5 Å². The summed E-state index contributed by atoms with van der Waals surface area (Å²) in [6, 6.07) is 12.1. The molecule has 5 aromatic carbocycles. The lowest BCUT2D eigenvalue weighted by molar-refractivity contribution is 0.282. The number of azo groups is 3. The van der Waals surface area contributed by atoms with E-state index in [1.807, 2.05) is 0 Å². The van der Waals surface area contributed by atoms with Gasteiger partial charge in [-0.05, 0) is 66.7 Å². The van der Waals surface area contributed by atoms with Crippen molar-refractivity contribution in [2.45, 2.75) is 24.5 Å². The molecule has 68 heavy (non-hydrogen) atoms. The molecular formula is C32H30N8O21S7. The van der Waals surface area contributed by atoms with Gasteiger partial charge in [0.2, 0.25) is 0 Å². The van der Waals surface area contributed by atoms with E-state index in [0.717, 1.165) is 72.8 Å². The van der Waals surface area contributed by atoms with Crippen molar-refractivity contribution in [1.82, 2.24) is 0 Å². The molecule has 0 aliphatic rings. The van der Waals surface area contributed by atoms with Crippen LogP contribution in [0.3, 0.4) is 0 Å². The smallest absolute Gasteiger partial charge is 0.395 e. The Morgan fingerprint density at radius 2 is 0.897 bits per heavy atom. The first-order valence-corrected chi connectivity index (χ1v) is 27.9. The topological polar surface area (TPSA) is 485 Å². The molecule has 0 saturated heterocycles. The molecule has 0 amide bonds. The van der Waals surface area contributed by atoms with Gasteiger partial charge in [-0.15, -0.1) is 20.5 Å². The summed E-state index contributed by atoms with van der Waals surface area (Å²) >= 11 is 0. The molecule has 0 spiro atoms. The van der Waals surface area contributed by atoms with Gasteiger partial charge in [0.1, 0.15) is 37.4 Å². The molecule has 0 radical (unpaired) electrons. The van der Waals surface area contributed by atoms with Crippen molar-refractivity contribution >= 4 is 127 Å². The van der Waals surface area contributed by atoms with E-state index in [1.165, 1.54) is 0 Å². The van der Waals surface area contributed by atoms with E-state index in [2.05, 4.69) is 39.1 Å². The zero-order chi connectivity index (χ0) is 50.8. The molecule has 0 aromatic heterocycles. The van der Waals surface area contributed by atoms with E-state index in [9.17, 15) is 72.6 Å². The van der Waals surface area contributed by atoms with Crippen LogP contribution in [0.1, 0.15) is 0 Å². The van der Waals surface area contributed by atoms with Crippen LogP contribution in [0.25, 0.3) is 10.8 Å². The molecule has 0 bridgehead atoms. The highest BCUT2D eigenvalue weighted by Gasteiger charge is 2.25. The van der Waals surface area contributed by atoms with Gasteiger partial charge < -0.3 is 11.5 Å². The highest BCUT2D eigenvalue weighted by molar-refractivity contribution is 7.92. The molecular weight excluding hydrogens is 1060 g/mol. The zero-order valence-corrected chi connectivity index (χ0v) is 39.0. The van der Waals surface area contributed by atoms with E-state index in [0.29, 0.717) is 6.07 Å². The molecule has 366 valence electrons. The first-order chi connectivity index (χ1) is 31.2. The maximum Gasteiger partial charge on any atom is 0.397 e. The summed E-state index contributed by atoms with van der Waals surface area (Å²) in [7, 11) is -34.2. The number of sulfone groups is 2. The van der Waals surface area contributed by atoms with Crippen LogP contribution >= 0.6 is 0 Å². The van der Waals surface area contributed by atoms with Gasteiger partial charge in [-0.2, -0.15) is 52.3 Å². The number of nitrogen functional groups attached to an aromatic ring is 2. The molecule has 9 N–H and O–H groups in total. The summed E-state index contributed by atoms with van der Waals surface area (Å²) in [6.45, 7) is -2.02. The minimum atomic E-state index is -5.35. The third-order valence-electron chi connectivity index (χ3n) is 8.53. The number of anilines is 2. The fourth-order valence-electron chi connectivity index (χ4n) is 5.51. The highest BCUT2D eigenvalue weighted by Crippen LogP contribution is 2.46. The lowest BCUT2D eigenvalue weighted by Crippen LogP contribution is -2.16. The van der Waals surface area contributed by atoms with Crippen LogP contribution in [0.2, 0.25) is 0 Å². The first-order valence-electron chi connectivity index (χ1n) is 17.6. The lowest BCUT2D eigenvalue weighted by atomic mass is 10.1. The fourth-order valence-corrected chi connectivity index (χ4v) is 10.7. The Morgan fingerprint density at radius 1 is 0.426 bits per heavy atom. The second-order valence-corrected chi connectivity index (χ2v) is 23.7. The number of nitrogens with two attached hydrogens (primary N) is 2. The fraction of sp³-hybridized carbons (Fsp3) is 0.125. The minimum absolute atomic E-state index is 0.0679. The standard InChI is InChI=1S/C32H30N8O21S7/c33-30-25(38-35-18-4-6-20(7-5-18)62(41,42)12-10-60-67(54,55)56)17-26(39-36-19-14-23-22(28(15-19)65(48,49)50)2-1-3-27(23)64(45,46)47)31(34)32(30)40-37-24-9-8-21(16-29(24)66(51,52)53)63(43,44)13-11-61-68(57,58)59/h1-9,14-17H,10-13,33-34H2,(H,45,46,47)(H,48,49,50)(H,51,52,53)(H,54,55,56)(H,57,58,59)/b38-35+,39-36+,40-37+. The number of rotatable bonds is 19. The molecule has 36 heteroatoms. The van der Waals surface area contributed by atoms with E-state index < -0.39 is 160 Å². The average Bonchev–Trinajstić information content (AvgIpc) is 3.20. The van der Waals surface area contributed by atoms with E-state index in [-0.39, 0.29) is 16.0 Å². The zero-order valence-electron chi connectivity index (χ0n) is 33.3. The van der Waals surface area contributed by atoms with Gasteiger partial charge in [0.15, 0.2) is 19.7 Å². The first kappa shape index (κ1) is 53.1. The van der Waals surface area contributed by atoms with Crippen LogP contribution in [0.15, 0.2) is 134 Å². The number of benzene rings is 5. The molecule has 0 aliphatic heterocycles. The van der Waals surface area contributed by atoms with Crippen molar-refractivity contribution in [2.75, 3.05) is 36.2 Å². The maximum atomic E-state index is 12.8. The Kier molecular flexibility index (Phi) is 15.3. The van der Waals surface area contributed by atoms with Gasteiger partial charge in [0.05, 0.1) is 57.3 Å². The predicted octanol–water partition coefficient (Wildman–Crippen LogP) is 4.18. The lowest BCUT2D eigenvalue weighted by Gasteiger charge is -2.11. The van der Waals surface area contributed by atoms with Gasteiger partial charge in [0, 0.05) is 10.8 Å². The van der Waals surface area contributed by atoms with Crippen molar-refractivity contribution in [2.24, 2.45) is 30.7 Å². The number of fused-ring (bicyclic) bond motifs is 1. The molecule has 0 fully saturated rings. The van der Waals surface area contributed by atoms with Crippen LogP contribution in [-0.4, -0.2) is 106 Å². The molecule has 0 heterocycles.